The number of rotatable bonds is 10. The van der Waals surface area contributed by atoms with E-state index in [0.717, 1.165) is 12.8 Å². The first-order chi connectivity index (χ1) is 20.8. The Morgan fingerprint density at radius 2 is 0.913 bits per heavy atom. The Morgan fingerprint density at radius 3 is 1.26 bits per heavy atom. The summed E-state index contributed by atoms with van der Waals surface area (Å²) in [7, 11) is -2.15. The molecule has 0 spiro atoms. The number of benzene rings is 4. The summed E-state index contributed by atoms with van der Waals surface area (Å²) in [6.45, 7) is 14.4. The number of halogens is 2. The van der Waals surface area contributed by atoms with Gasteiger partial charge in [-0.25, -0.2) is 0 Å². The fourth-order valence-corrected chi connectivity index (χ4v) is 11.8. The minimum absolute atomic E-state index is 0. The zero-order valence-electron chi connectivity index (χ0n) is 28.2. The first-order valence-corrected chi connectivity index (χ1v) is 19.4. The third-order valence-corrected chi connectivity index (χ3v) is 13.4. The van der Waals surface area contributed by atoms with E-state index in [1.165, 1.54) is 91.7 Å². The van der Waals surface area contributed by atoms with Crippen molar-refractivity contribution < 1.29 is 51.0 Å². The molecule has 0 aliphatic rings. The van der Waals surface area contributed by atoms with Crippen molar-refractivity contribution in [3.05, 3.63) is 119 Å². The van der Waals surface area contributed by atoms with Crippen molar-refractivity contribution in [3.8, 4) is 22.3 Å². The SMILES string of the molecule is CCCCc1ccc(-c2cccc3[cH-]c(C)c([Si](C)(C)c4c(C)[cH-]c5cccc(-c6ccc(CCCC)cc6)c45)c23)cc1.[Cl-].[Cl-].[Zr+4]. The summed E-state index contributed by atoms with van der Waals surface area (Å²) < 4.78 is 0. The summed E-state index contributed by atoms with van der Waals surface area (Å²) >= 11 is 0. The number of hydrogen-bond acceptors (Lipinski definition) is 0. The van der Waals surface area contributed by atoms with Crippen molar-refractivity contribution >= 4 is 40.0 Å². The van der Waals surface area contributed by atoms with Crippen molar-refractivity contribution in [2.75, 3.05) is 0 Å². The first kappa shape index (κ1) is 38.2. The molecule has 0 unspecified atom stereocenters. The summed E-state index contributed by atoms with van der Waals surface area (Å²) in [6.07, 6.45) is 7.29. The van der Waals surface area contributed by atoms with E-state index in [-0.39, 0.29) is 51.0 Å². The van der Waals surface area contributed by atoms with Crippen LogP contribution in [0.1, 0.15) is 61.8 Å². The van der Waals surface area contributed by atoms with Gasteiger partial charge in [0.25, 0.3) is 0 Å². The summed E-state index contributed by atoms with van der Waals surface area (Å²) in [5, 5.41) is 8.85. The first-order valence-electron chi connectivity index (χ1n) is 16.4. The average molecular weight is 741 g/mol. The van der Waals surface area contributed by atoms with Gasteiger partial charge in [-0.1, -0.05) is 125 Å². The molecule has 0 bridgehead atoms. The normalized spacial score (nSPS) is 11.3. The standard InChI is InChI=1S/C42H46Si.2ClH.Zr/c1-7-9-13-31-19-23-33(24-20-31)37-17-11-15-35-27-29(3)41(39(35)37)43(5,6)42-30(4)28-36-16-12-18-38(40(36)42)34-25-21-32(22-26-34)14-10-8-2;;;/h11-12,15-28H,7-10,13-14H2,1-6H3;2*1H;/q-2;;;+4/p-2. The van der Waals surface area contributed by atoms with Gasteiger partial charge >= 0.3 is 26.2 Å². The van der Waals surface area contributed by atoms with Crippen molar-refractivity contribution in [2.24, 2.45) is 0 Å². The van der Waals surface area contributed by atoms with Gasteiger partial charge in [-0.3, -0.25) is 0 Å². The van der Waals surface area contributed by atoms with E-state index in [0.29, 0.717) is 0 Å². The van der Waals surface area contributed by atoms with Gasteiger partial charge in [0.1, 0.15) is 0 Å². The predicted molar refractivity (Wildman–Crippen MR) is 193 cm³/mol. The van der Waals surface area contributed by atoms with Gasteiger partial charge in [0.05, 0.1) is 0 Å². The van der Waals surface area contributed by atoms with E-state index >= 15 is 0 Å². The number of aryl methyl sites for hydroxylation is 4. The Hall–Kier alpha value is -2.22. The van der Waals surface area contributed by atoms with E-state index in [1.807, 2.05) is 0 Å². The maximum Gasteiger partial charge on any atom is 4.00 e. The van der Waals surface area contributed by atoms with Crippen LogP contribution in [0.5, 0.6) is 0 Å². The molecule has 0 aromatic heterocycles. The molecular weight excluding hydrogens is 695 g/mol. The molecule has 0 heterocycles. The van der Waals surface area contributed by atoms with E-state index in [4.69, 9.17) is 0 Å². The summed E-state index contributed by atoms with van der Waals surface area (Å²) in [5.74, 6) is 0. The molecule has 0 atom stereocenters. The smallest absolute Gasteiger partial charge is 1.00 e. The zero-order chi connectivity index (χ0) is 30.1. The third kappa shape index (κ3) is 7.27. The predicted octanol–water partition coefficient (Wildman–Crippen LogP) is 4.89. The van der Waals surface area contributed by atoms with Gasteiger partial charge < -0.3 is 24.8 Å². The minimum atomic E-state index is -2.15. The van der Waals surface area contributed by atoms with Crippen LogP contribution in [-0.4, -0.2) is 8.07 Å². The Kier molecular flexibility index (Phi) is 13.5. The second-order valence-electron chi connectivity index (χ2n) is 13.2. The molecule has 4 heteroatoms. The Bertz CT molecular complexity index is 1740. The van der Waals surface area contributed by atoms with Crippen LogP contribution in [0.2, 0.25) is 13.1 Å². The number of unbranched alkanes of at least 4 members (excludes halogenated alkanes) is 2. The van der Waals surface area contributed by atoms with Crippen LogP contribution in [0.3, 0.4) is 0 Å². The van der Waals surface area contributed by atoms with Gasteiger partial charge in [-0.2, -0.15) is 10.4 Å². The minimum Gasteiger partial charge on any atom is -1.00 e. The van der Waals surface area contributed by atoms with Crippen LogP contribution in [0.4, 0.5) is 0 Å². The van der Waals surface area contributed by atoms with Crippen molar-refractivity contribution in [3.63, 3.8) is 0 Å². The van der Waals surface area contributed by atoms with Gasteiger partial charge in [0, 0.05) is 8.07 Å². The Balaban J connectivity index is 0.00000192. The third-order valence-electron chi connectivity index (χ3n) is 9.64. The zero-order valence-corrected chi connectivity index (χ0v) is 33.2. The molecule has 0 saturated heterocycles. The maximum absolute atomic E-state index is 2.59. The number of fused-ring (bicyclic) bond motifs is 2. The second kappa shape index (κ2) is 16.3. The molecule has 0 nitrogen and oxygen atoms in total. The second-order valence-corrected chi connectivity index (χ2v) is 17.4. The molecule has 6 rings (SSSR count). The van der Waals surface area contributed by atoms with Crippen molar-refractivity contribution in [1.82, 2.24) is 0 Å². The van der Waals surface area contributed by atoms with Crippen LogP contribution < -0.4 is 35.2 Å². The van der Waals surface area contributed by atoms with Gasteiger partial charge in [-0.15, -0.1) is 69.1 Å². The van der Waals surface area contributed by atoms with Crippen LogP contribution in [0.15, 0.2) is 97.1 Å². The fraction of sp³-hybridized carbons (Fsp3) is 0.286. The largest absolute Gasteiger partial charge is 4.00 e. The van der Waals surface area contributed by atoms with Crippen LogP contribution >= 0.6 is 0 Å². The average Bonchev–Trinajstić information content (AvgIpc) is 3.55. The van der Waals surface area contributed by atoms with Crippen molar-refractivity contribution in [1.29, 1.82) is 0 Å². The summed E-state index contributed by atoms with van der Waals surface area (Å²) in [6, 6.07) is 37.5. The molecule has 0 fully saturated rings. The van der Waals surface area contributed by atoms with E-state index < -0.39 is 8.07 Å². The van der Waals surface area contributed by atoms with E-state index in [1.54, 1.807) is 10.4 Å². The molecule has 0 aliphatic carbocycles. The van der Waals surface area contributed by atoms with Crippen LogP contribution in [0.25, 0.3) is 43.8 Å². The monoisotopic (exact) mass is 738 g/mol. The molecule has 236 valence electrons. The summed E-state index contributed by atoms with van der Waals surface area (Å²) in [4.78, 5) is 0. The molecule has 0 radical (unpaired) electrons. The van der Waals surface area contributed by atoms with Gasteiger partial charge in [0.15, 0.2) is 0 Å². The fourth-order valence-electron chi connectivity index (χ4n) is 7.62. The Morgan fingerprint density at radius 1 is 0.543 bits per heavy atom. The van der Waals surface area contributed by atoms with Gasteiger partial charge in [0.2, 0.25) is 0 Å². The number of hydrogen-bond donors (Lipinski definition) is 0. The van der Waals surface area contributed by atoms with Crippen LogP contribution in [-0.2, 0) is 39.0 Å². The van der Waals surface area contributed by atoms with E-state index in [2.05, 4.69) is 138 Å². The molecule has 6 aromatic rings. The summed E-state index contributed by atoms with van der Waals surface area (Å²) in [5.41, 5.74) is 11.2. The molecule has 6 aromatic carbocycles. The topological polar surface area (TPSA) is 0 Å². The molecule has 0 saturated carbocycles. The van der Waals surface area contributed by atoms with E-state index in [9.17, 15) is 0 Å². The van der Waals surface area contributed by atoms with Crippen LogP contribution in [0, 0.1) is 13.8 Å². The Labute approximate surface area is 309 Å². The quantitative estimate of drug-likeness (QED) is 0.139. The molecular formula is C42H46Cl2SiZr. The maximum atomic E-state index is 2.59. The molecule has 0 amide bonds. The van der Waals surface area contributed by atoms with Crippen molar-refractivity contribution in [2.45, 2.75) is 79.3 Å². The molecule has 46 heavy (non-hydrogen) atoms. The van der Waals surface area contributed by atoms with Gasteiger partial charge in [-0.05, 0) is 47.9 Å². The molecule has 0 aliphatic heterocycles. The molecule has 0 N–H and O–H groups in total.